The van der Waals surface area contributed by atoms with Gasteiger partial charge in [0, 0.05) is 16.7 Å². The molecule has 0 aliphatic heterocycles. The molecule has 0 radical (unpaired) electrons. The van der Waals surface area contributed by atoms with E-state index in [1.807, 2.05) is 12.1 Å². The van der Waals surface area contributed by atoms with E-state index < -0.39 is 91.0 Å². The molecule has 7 unspecified atom stereocenters. The number of fused-ring (bicyclic) bond motifs is 1. The first-order chi connectivity index (χ1) is 25.2. The second-order valence-electron chi connectivity index (χ2n) is 17.9. The number of allylic oxidation sites excluding steroid dienone is 1. The Balaban J connectivity index is 1.28. The van der Waals surface area contributed by atoms with Gasteiger partial charge in [0.15, 0.2) is 16.2 Å². The number of hydrogen-bond acceptors (Lipinski definition) is 6. The molecule has 0 bridgehead atoms. The van der Waals surface area contributed by atoms with E-state index >= 15 is 0 Å². The number of hydrogen-bond donors (Lipinski definition) is 6. The molecule has 4 spiro atoms. The Morgan fingerprint density at radius 1 is 0.604 bits per heavy atom. The van der Waals surface area contributed by atoms with Crippen LogP contribution in [0.3, 0.4) is 0 Å². The van der Waals surface area contributed by atoms with Crippen LogP contribution in [0.5, 0.6) is 0 Å². The molecule has 12 aliphatic carbocycles. The normalized spacial score (nSPS) is 38.9. The van der Waals surface area contributed by atoms with E-state index in [1.165, 1.54) is 0 Å². The second kappa shape index (κ2) is 6.22. The van der Waals surface area contributed by atoms with Crippen molar-refractivity contribution < 1.29 is 59.4 Å². The number of carboxylic acid groups (broad SMARTS) is 6. The molecule has 3 saturated carbocycles. The largest absolute Gasteiger partial charge is 0.480 e. The first-order valence-electron chi connectivity index (χ1n) is 18.0. The van der Waals surface area contributed by atoms with Gasteiger partial charge < -0.3 is 30.6 Å². The molecule has 53 heavy (non-hydrogen) atoms. The van der Waals surface area contributed by atoms with Crippen LogP contribution in [0.15, 0.2) is 23.8 Å². The molecule has 12 heteroatoms. The molecule has 7 atom stereocenters. The van der Waals surface area contributed by atoms with Gasteiger partial charge in [0.2, 0.25) is 0 Å². The van der Waals surface area contributed by atoms with E-state index in [4.69, 9.17) is 0 Å². The average Bonchev–Trinajstić information content (AvgIpc) is 3.84. The summed E-state index contributed by atoms with van der Waals surface area (Å²) in [6, 6.07) is 5.47. The Morgan fingerprint density at radius 3 is 1.91 bits per heavy atom. The maximum Gasteiger partial charge on any atom is 0.323 e. The fourth-order valence-electron chi connectivity index (χ4n) is 17.9. The summed E-state index contributed by atoms with van der Waals surface area (Å²) in [6.45, 7) is 0. The van der Waals surface area contributed by atoms with Crippen molar-refractivity contribution in [2.24, 2.45) is 21.7 Å². The number of carboxylic acids is 6. The van der Waals surface area contributed by atoms with Gasteiger partial charge in [-0.25, -0.2) is 0 Å². The smallest absolute Gasteiger partial charge is 0.323 e. The first kappa shape index (κ1) is 26.9. The summed E-state index contributed by atoms with van der Waals surface area (Å²) < 4.78 is 0. The number of aryl methyl sites for hydroxylation is 1. The number of carbonyl (C=O) groups is 6. The number of rotatable bonds is 6. The van der Waals surface area contributed by atoms with Gasteiger partial charge in [0.05, 0.1) is 16.2 Å². The molecule has 3 aromatic rings. The summed E-state index contributed by atoms with van der Waals surface area (Å²) in [5.74, 6) is -10.6. The second-order valence-corrected chi connectivity index (χ2v) is 17.9. The van der Waals surface area contributed by atoms with Gasteiger partial charge in [-0.3, -0.25) is 28.8 Å². The summed E-state index contributed by atoms with van der Waals surface area (Å²) in [5.41, 5.74) is -5.83. The van der Waals surface area contributed by atoms with E-state index in [2.05, 4.69) is 0 Å². The van der Waals surface area contributed by atoms with Gasteiger partial charge in [0.1, 0.15) is 0 Å². The van der Waals surface area contributed by atoms with Crippen LogP contribution in [-0.4, -0.2) is 66.5 Å². The summed E-state index contributed by atoms with van der Waals surface area (Å²) in [7, 11) is 0. The lowest BCUT2D eigenvalue weighted by Gasteiger charge is -2.37. The summed E-state index contributed by atoms with van der Waals surface area (Å²) in [5, 5.41) is 67.7. The van der Waals surface area contributed by atoms with Crippen LogP contribution >= 0.6 is 0 Å². The van der Waals surface area contributed by atoms with Gasteiger partial charge in [-0.05, 0) is 121 Å². The van der Waals surface area contributed by atoms with Crippen LogP contribution in [0.4, 0.5) is 0 Å². The van der Waals surface area contributed by atoms with E-state index in [0.29, 0.717) is 84.3 Å². The SMILES string of the molecule is O=C(O)C1(C(=O)O)C2c3ccc4c5c3-c3c6c7c8c9c3C53C(C(=O)O)(C(=O)O)C35C(=C4)Cc3cc4c(c-9c35)C83C(CC4)(CC7CC621)C3(C(=O)O)C(=O)O. The summed E-state index contributed by atoms with van der Waals surface area (Å²) in [6.07, 6.45) is 2.91. The van der Waals surface area contributed by atoms with E-state index in [1.54, 1.807) is 12.1 Å². The fourth-order valence-corrected chi connectivity index (χ4v) is 17.9. The van der Waals surface area contributed by atoms with Gasteiger partial charge in [0.25, 0.3) is 0 Å². The number of benzene rings is 3. The molecule has 0 aromatic heterocycles. The monoisotopic (exact) mass is 706 g/mol. The van der Waals surface area contributed by atoms with Crippen LogP contribution in [0.2, 0.25) is 0 Å². The van der Waals surface area contributed by atoms with Crippen molar-refractivity contribution in [3.63, 3.8) is 0 Å². The molecule has 3 fully saturated rings. The number of aliphatic carboxylic acids is 6. The van der Waals surface area contributed by atoms with Crippen molar-refractivity contribution in [3.8, 4) is 22.3 Å². The minimum atomic E-state index is -2.43. The van der Waals surface area contributed by atoms with Gasteiger partial charge >= 0.3 is 35.8 Å². The zero-order chi connectivity index (χ0) is 36.2. The van der Waals surface area contributed by atoms with Gasteiger partial charge in [-0.15, -0.1) is 0 Å². The van der Waals surface area contributed by atoms with Gasteiger partial charge in [-0.2, -0.15) is 0 Å². The Kier molecular flexibility index (Phi) is 3.16. The van der Waals surface area contributed by atoms with Crippen molar-refractivity contribution in [2.75, 3.05) is 0 Å². The first-order valence-corrected chi connectivity index (χ1v) is 18.0. The van der Waals surface area contributed by atoms with Crippen LogP contribution in [0.1, 0.15) is 92.3 Å². The van der Waals surface area contributed by atoms with Gasteiger partial charge in [-0.1, -0.05) is 29.8 Å². The van der Waals surface area contributed by atoms with Crippen molar-refractivity contribution >= 4 is 41.9 Å². The molecule has 258 valence electrons. The van der Waals surface area contributed by atoms with Crippen molar-refractivity contribution in [1.29, 1.82) is 0 Å². The topological polar surface area (TPSA) is 224 Å². The zero-order valence-corrected chi connectivity index (χ0v) is 27.1. The van der Waals surface area contributed by atoms with E-state index in [0.717, 1.165) is 11.1 Å². The van der Waals surface area contributed by atoms with Crippen molar-refractivity contribution in [2.45, 2.75) is 65.6 Å². The van der Waals surface area contributed by atoms with Crippen LogP contribution in [-0.2, 0) is 63.3 Å². The molecular weight excluding hydrogens is 684 g/mol. The third-order valence-electron chi connectivity index (χ3n) is 18.1. The molecule has 6 N–H and O–H groups in total. The molecule has 3 aromatic carbocycles. The Labute approximate surface area is 295 Å². The zero-order valence-electron chi connectivity index (χ0n) is 27.1. The standard InChI is InChI=1S/C41H22O12/c42-28(43)36(29(44)45)27-15-2-1-10-6-14-7-12-5-11-3-4-34-8-13-9-35(27,36)24-16(13)25-20-19(22(11)38(25,34)40(34,30(46)47)31(48)49)23(12)37(14)39(41(37,32(50)51)33(52)53)21(10)17(15)18(24)26(20)39/h1-2,5-6,13,27H,3-4,7-9H2,(H,42,43)(H,44,45)(H,46,47)(H,48,49)(H,50,51)(H,52,53). The fraction of sp³-hybridized carbons (Fsp3) is 0.366. The lowest BCUT2D eigenvalue weighted by molar-refractivity contribution is -0.161. The van der Waals surface area contributed by atoms with E-state index in [9.17, 15) is 59.4 Å². The third kappa shape index (κ3) is 1.54. The lowest BCUT2D eigenvalue weighted by Crippen LogP contribution is -2.36. The molecule has 15 rings (SSSR count). The quantitative estimate of drug-likeness (QED) is 0.204. The van der Waals surface area contributed by atoms with Crippen molar-refractivity contribution in [3.05, 3.63) is 85.0 Å². The molecular formula is C41H22O12. The van der Waals surface area contributed by atoms with Crippen LogP contribution in [0.25, 0.3) is 28.3 Å². The average molecular weight is 707 g/mol. The molecule has 0 heterocycles. The maximum absolute atomic E-state index is 14.1. The lowest BCUT2D eigenvalue weighted by atomic mass is 9.64. The molecule has 0 amide bonds. The third-order valence-corrected chi connectivity index (χ3v) is 18.1. The maximum atomic E-state index is 14.1. The summed E-state index contributed by atoms with van der Waals surface area (Å²) >= 11 is 0. The predicted molar refractivity (Wildman–Crippen MR) is 172 cm³/mol. The summed E-state index contributed by atoms with van der Waals surface area (Å²) in [4.78, 5) is 83.2. The molecule has 0 saturated heterocycles. The highest BCUT2D eigenvalue weighted by Crippen LogP contribution is 3.02. The highest BCUT2D eigenvalue weighted by molar-refractivity contribution is 6.25. The van der Waals surface area contributed by atoms with Crippen molar-refractivity contribution in [1.82, 2.24) is 0 Å². The predicted octanol–water partition coefficient (Wildman–Crippen LogP) is 3.09. The van der Waals surface area contributed by atoms with Crippen LogP contribution in [0, 0.1) is 21.7 Å². The molecule has 12 aliphatic rings. The highest BCUT2D eigenvalue weighted by Gasteiger charge is 3.06. The van der Waals surface area contributed by atoms with Crippen LogP contribution < -0.4 is 0 Å². The molecule has 12 nitrogen and oxygen atoms in total. The highest BCUT2D eigenvalue weighted by atomic mass is 16.4. The Hall–Kier alpha value is -5.78. The minimum absolute atomic E-state index is 0.0458. The Morgan fingerprint density at radius 2 is 1.25 bits per heavy atom. The van der Waals surface area contributed by atoms with E-state index in [-0.39, 0.29) is 25.7 Å². The Bertz CT molecular complexity index is 2870. The minimum Gasteiger partial charge on any atom is -0.480 e.